The maximum atomic E-state index is 5.30. The molecule has 2 nitrogen and oxygen atoms in total. The zero-order valence-electron chi connectivity index (χ0n) is 24.9. The van der Waals surface area contributed by atoms with E-state index in [1.54, 1.807) is 59.1 Å². The summed E-state index contributed by atoms with van der Waals surface area (Å²) >= 11 is 2.24. The average molecular weight is 633 g/mol. The number of methoxy groups -OCH3 is 2. The van der Waals surface area contributed by atoms with Crippen molar-refractivity contribution in [2.45, 2.75) is 128 Å². The van der Waals surface area contributed by atoms with Gasteiger partial charge in [0.1, 0.15) is 18.2 Å². The Labute approximate surface area is 249 Å². The summed E-state index contributed by atoms with van der Waals surface area (Å²) in [5.74, 6) is 4.25. The van der Waals surface area contributed by atoms with E-state index >= 15 is 0 Å². The minimum atomic E-state index is 0.943. The summed E-state index contributed by atoms with van der Waals surface area (Å²) in [6.07, 6.45) is 23.1. The largest absolute Gasteiger partial charge is 0.496 e. The van der Waals surface area contributed by atoms with Crippen molar-refractivity contribution < 1.29 is 9.47 Å². The first kappa shape index (κ1) is 33.0. The van der Waals surface area contributed by atoms with Crippen molar-refractivity contribution in [2.75, 3.05) is 14.2 Å². The van der Waals surface area contributed by atoms with Gasteiger partial charge in [0.05, 0.1) is 17.8 Å². The Morgan fingerprint density at radius 1 is 0.684 bits per heavy atom. The quantitative estimate of drug-likeness (QED) is 0.132. The molecule has 4 heteroatoms. The fraction of sp³-hybridized carbons (Fsp3) is 0.647. The van der Waals surface area contributed by atoms with E-state index in [1.165, 1.54) is 56.9 Å². The van der Waals surface area contributed by atoms with Crippen molar-refractivity contribution in [1.82, 2.24) is 0 Å². The molecule has 0 spiro atoms. The van der Waals surface area contributed by atoms with Crippen molar-refractivity contribution in [3.8, 4) is 11.5 Å². The summed E-state index contributed by atoms with van der Waals surface area (Å²) in [4.78, 5) is 0. The molecule has 2 aliphatic rings. The maximum Gasteiger partial charge on any atom is 0.146 e. The number of fused-ring (bicyclic) bond motifs is 2. The van der Waals surface area contributed by atoms with Crippen LogP contribution in [0.2, 0.25) is 18.0 Å². The van der Waals surface area contributed by atoms with Gasteiger partial charge in [-0.05, 0) is 59.2 Å². The van der Waals surface area contributed by atoms with E-state index < -0.39 is 0 Å². The lowest BCUT2D eigenvalue weighted by Crippen LogP contribution is -2.34. The summed E-state index contributed by atoms with van der Waals surface area (Å²) in [7, 11) is 3.42. The summed E-state index contributed by atoms with van der Waals surface area (Å²) in [6, 6.07) is 16.2. The minimum Gasteiger partial charge on any atom is -0.496 e. The molecule has 2 fully saturated rings. The number of halogens is 1. The highest BCUT2D eigenvalue weighted by Gasteiger charge is 2.37. The molecule has 2 aromatic rings. The molecule has 2 aliphatic heterocycles. The smallest absolute Gasteiger partial charge is 0.146 e. The molecule has 0 amide bonds. The molecule has 0 radical (unpaired) electrons. The number of rotatable bonds is 12. The lowest BCUT2D eigenvalue weighted by atomic mass is 9.26. The van der Waals surface area contributed by atoms with Gasteiger partial charge in [-0.2, -0.15) is 0 Å². The Morgan fingerprint density at radius 2 is 1.21 bits per heavy atom. The van der Waals surface area contributed by atoms with Gasteiger partial charge in [0.15, 0.2) is 0 Å². The topological polar surface area (TPSA) is 18.5 Å². The van der Waals surface area contributed by atoms with Gasteiger partial charge in [-0.3, -0.25) is 0 Å². The number of ether oxygens (including phenoxy) is 2. The third-order valence-electron chi connectivity index (χ3n) is 8.45. The van der Waals surface area contributed by atoms with E-state index in [2.05, 4.69) is 48.6 Å². The summed E-state index contributed by atoms with van der Waals surface area (Å²) in [5, 5.41) is 0. The molecule has 0 saturated carbocycles. The fourth-order valence-electron chi connectivity index (χ4n) is 6.35. The van der Waals surface area contributed by atoms with Gasteiger partial charge in [-0.25, -0.2) is 0 Å². The Morgan fingerprint density at radius 3 is 1.74 bits per heavy atom. The van der Waals surface area contributed by atoms with Gasteiger partial charge in [-0.1, -0.05) is 146 Å². The zero-order valence-corrected chi connectivity index (χ0v) is 27.0. The first-order valence-electron chi connectivity index (χ1n) is 15.5. The Bertz CT molecular complexity index is 836. The van der Waals surface area contributed by atoms with Crippen LogP contribution in [-0.2, 0) is 6.42 Å². The number of hydrogen-bond donors (Lipinski definition) is 0. The normalized spacial score (nSPS) is 18.0. The second kappa shape index (κ2) is 20.7. The molecule has 2 bridgehead atoms. The second-order valence-electron chi connectivity index (χ2n) is 11.2. The van der Waals surface area contributed by atoms with Crippen LogP contribution in [0.4, 0.5) is 0 Å². The number of para-hydroxylation sites is 2. The average Bonchev–Trinajstić information content (AvgIpc) is 2.94. The van der Waals surface area contributed by atoms with E-state index in [-0.39, 0.29) is 0 Å². The molecule has 0 unspecified atom stereocenters. The first-order chi connectivity index (χ1) is 18.6. The molecule has 2 heterocycles. The van der Waals surface area contributed by atoms with Gasteiger partial charge < -0.3 is 9.47 Å². The summed E-state index contributed by atoms with van der Waals surface area (Å²) in [5.41, 5.74) is 1.34. The van der Waals surface area contributed by atoms with Crippen LogP contribution >= 0.6 is 22.6 Å². The van der Waals surface area contributed by atoms with Crippen LogP contribution in [0, 0.1) is 3.57 Å². The molecular formula is C34H54BIO2. The lowest BCUT2D eigenvalue weighted by Gasteiger charge is -2.40. The third kappa shape index (κ3) is 12.3. The Hall–Kier alpha value is -1.17. The number of hydrogen-bond acceptors (Lipinski definition) is 2. The highest BCUT2D eigenvalue weighted by Crippen LogP contribution is 2.48. The standard InChI is InChI=1S/C14H27B.C13H20O.C7H7IO/c1-2-3-4-5-12-15-13-8-6-9-14(15)11-7-10-13;1-3-4-5-6-9-12-10-7-8-11-13(12)14-2;1-9-7-5-3-2-4-6(7)8/h13-14H,2-12H2,1H3;7-8,10-11H,3-6,9H2,1-2H3;2-5H,1H3. The van der Waals surface area contributed by atoms with E-state index in [1.807, 2.05) is 36.4 Å². The van der Waals surface area contributed by atoms with Crippen LogP contribution in [0.15, 0.2) is 48.5 Å². The lowest BCUT2D eigenvalue weighted by molar-refractivity contribution is 0.408. The Kier molecular flexibility index (Phi) is 18.0. The van der Waals surface area contributed by atoms with Crippen molar-refractivity contribution in [2.24, 2.45) is 0 Å². The van der Waals surface area contributed by atoms with Crippen molar-refractivity contribution in [3.05, 3.63) is 57.7 Å². The third-order valence-corrected chi connectivity index (χ3v) is 9.34. The molecular weight excluding hydrogens is 578 g/mol. The van der Waals surface area contributed by atoms with Crippen LogP contribution in [0.3, 0.4) is 0 Å². The molecule has 4 rings (SSSR count). The highest BCUT2D eigenvalue weighted by molar-refractivity contribution is 14.1. The monoisotopic (exact) mass is 632 g/mol. The maximum absolute atomic E-state index is 5.30. The zero-order chi connectivity index (χ0) is 27.4. The fourth-order valence-corrected chi connectivity index (χ4v) is 6.96. The Balaban J connectivity index is 0.000000207. The molecule has 0 aromatic heterocycles. The van der Waals surface area contributed by atoms with Crippen molar-refractivity contribution >= 4 is 29.3 Å². The van der Waals surface area contributed by atoms with E-state index in [4.69, 9.17) is 9.47 Å². The molecule has 2 saturated heterocycles. The first-order valence-corrected chi connectivity index (χ1v) is 16.6. The molecule has 2 aromatic carbocycles. The SMILES string of the molecule is CCCCCCB1C2CCCC1CCC2.CCCCCCc1ccccc1OC.COc1ccccc1I. The molecule has 38 heavy (non-hydrogen) atoms. The minimum absolute atomic E-state index is 0.943. The van der Waals surface area contributed by atoms with Gasteiger partial charge in [0.25, 0.3) is 0 Å². The summed E-state index contributed by atoms with van der Waals surface area (Å²) < 4.78 is 11.5. The van der Waals surface area contributed by atoms with Gasteiger partial charge in [0.2, 0.25) is 0 Å². The number of benzene rings is 2. The van der Waals surface area contributed by atoms with Crippen molar-refractivity contribution in [3.63, 3.8) is 0 Å². The van der Waals surface area contributed by atoms with Gasteiger partial charge in [0, 0.05) is 0 Å². The van der Waals surface area contributed by atoms with Crippen molar-refractivity contribution in [1.29, 1.82) is 0 Å². The predicted molar refractivity (Wildman–Crippen MR) is 176 cm³/mol. The van der Waals surface area contributed by atoms with Gasteiger partial charge in [-0.15, -0.1) is 0 Å². The van der Waals surface area contributed by atoms with Crippen LogP contribution in [0.1, 0.15) is 109 Å². The summed E-state index contributed by atoms with van der Waals surface area (Å²) in [6.45, 7) is 5.70. The molecule has 212 valence electrons. The van der Waals surface area contributed by atoms with E-state index in [0.29, 0.717) is 0 Å². The predicted octanol–water partition coefficient (Wildman–Crippen LogP) is 11.3. The van der Waals surface area contributed by atoms with E-state index in [0.717, 1.165) is 39.8 Å². The van der Waals surface area contributed by atoms with Crippen LogP contribution in [0.5, 0.6) is 11.5 Å². The highest BCUT2D eigenvalue weighted by atomic mass is 127. The molecule has 0 N–H and O–H groups in total. The van der Waals surface area contributed by atoms with Crippen LogP contribution in [0.25, 0.3) is 0 Å². The number of unbranched alkanes of at least 4 members (excludes halogenated alkanes) is 6. The van der Waals surface area contributed by atoms with E-state index in [9.17, 15) is 0 Å². The molecule has 0 atom stereocenters. The van der Waals surface area contributed by atoms with Gasteiger partial charge >= 0.3 is 0 Å². The van der Waals surface area contributed by atoms with Crippen LogP contribution < -0.4 is 9.47 Å². The number of aryl methyl sites for hydroxylation is 1. The molecule has 0 aliphatic carbocycles. The van der Waals surface area contributed by atoms with Crippen LogP contribution in [-0.4, -0.2) is 20.9 Å². The second-order valence-corrected chi connectivity index (χ2v) is 12.3.